The van der Waals surface area contributed by atoms with Gasteiger partial charge in [0.1, 0.15) is 13.2 Å². The van der Waals surface area contributed by atoms with Crippen LogP contribution in [0.2, 0.25) is 5.02 Å². The van der Waals surface area contributed by atoms with Crippen LogP contribution in [-0.2, 0) is 0 Å². The van der Waals surface area contributed by atoms with Gasteiger partial charge in [-0.3, -0.25) is 0 Å². The number of fused-ring (bicyclic) bond motifs is 1. The van der Waals surface area contributed by atoms with Gasteiger partial charge in [-0.25, -0.2) is 0 Å². The monoisotopic (exact) mass is 308 g/mol. The van der Waals surface area contributed by atoms with E-state index in [-0.39, 0.29) is 5.38 Å². The number of rotatable bonds is 2. The molecule has 3 rings (SSSR count). The minimum Gasteiger partial charge on any atom is -0.486 e. The van der Waals surface area contributed by atoms with E-state index in [4.69, 9.17) is 32.7 Å². The van der Waals surface area contributed by atoms with Crippen molar-refractivity contribution in [1.29, 1.82) is 0 Å². The summed E-state index contributed by atoms with van der Waals surface area (Å²) in [6.45, 7) is 3.18. The van der Waals surface area contributed by atoms with Gasteiger partial charge in [-0.15, -0.1) is 11.6 Å². The average Bonchev–Trinajstić information content (AvgIpc) is 2.48. The van der Waals surface area contributed by atoms with Crippen molar-refractivity contribution < 1.29 is 9.47 Å². The number of halogens is 2. The summed E-state index contributed by atoms with van der Waals surface area (Å²) >= 11 is 12.7. The second-order valence-electron chi connectivity index (χ2n) is 4.77. The summed E-state index contributed by atoms with van der Waals surface area (Å²) in [5, 5.41) is 0.429. The van der Waals surface area contributed by atoms with Crippen LogP contribution in [0.1, 0.15) is 22.1 Å². The summed E-state index contributed by atoms with van der Waals surface area (Å²) in [5.74, 6) is 1.52. The first-order chi connectivity index (χ1) is 9.65. The Morgan fingerprint density at radius 1 is 1.00 bits per heavy atom. The molecule has 4 heteroatoms. The number of hydrogen-bond donors (Lipinski definition) is 0. The van der Waals surface area contributed by atoms with Crippen molar-refractivity contribution in [2.24, 2.45) is 0 Å². The van der Waals surface area contributed by atoms with E-state index in [1.54, 1.807) is 0 Å². The Morgan fingerprint density at radius 3 is 2.55 bits per heavy atom. The van der Waals surface area contributed by atoms with Crippen molar-refractivity contribution >= 4 is 23.2 Å². The first-order valence-corrected chi connectivity index (χ1v) is 7.26. The molecule has 0 fully saturated rings. The minimum absolute atomic E-state index is 0.260. The molecule has 1 unspecified atom stereocenters. The molecule has 2 nitrogen and oxygen atoms in total. The largest absolute Gasteiger partial charge is 0.486 e. The van der Waals surface area contributed by atoms with Crippen molar-refractivity contribution in [3.63, 3.8) is 0 Å². The SMILES string of the molecule is Cc1ccc(Cl)cc1C(Cl)c1ccc2c(c1)OCCO2. The molecular formula is C16H14Cl2O2. The van der Waals surface area contributed by atoms with Crippen molar-refractivity contribution in [2.75, 3.05) is 13.2 Å². The van der Waals surface area contributed by atoms with Crippen LogP contribution in [0.5, 0.6) is 11.5 Å². The first-order valence-electron chi connectivity index (χ1n) is 6.45. The molecule has 0 bridgehead atoms. The Morgan fingerprint density at radius 2 is 1.75 bits per heavy atom. The van der Waals surface area contributed by atoms with E-state index in [1.807, 2.05) is 43.3 Å². The number of hydrogen-bond acceptors (Lipinski definition) is 2. The normalized spacial score (nSPS) is 14.9. The van der Waals surface area contributed by atoms with Crippen LogP contribution in [0.4, 0.5) is 0 Å². The Labute approximate surface area is 128 Å². The summed E-state index contributed by atoms with van der Waals surface area (Å²) in [6, 6.07) is 11.6. The number of benzene rings is 2. The Kier molecular flexibility index (Phi) is 3.77. The molecule has 0 saturated heterocycles. The predicted molar refractivity (Wildman–Crippen MR) is 81.3 cm³/mol. The molecule has 2 aromatic rings. The maximum absolute atomic E-state index is 6.60. The maximum Gasteiger partial charge on any atom is 0.161 e. The van der Waals surface area contributed by atoms with Crippen molar-refractivity contribution in [3.05, 3.63) is 58.1 Å². The molecule has 0 radical (unpaired) electrons. The summed E-state index contributed by atoms with van der Waals surface area (Å²) < 4.78 is 11.1. The molecule has 1 heterocycles. The van der Waals surface area contributed by atoms with Gasteiger partial charge in [0.25, 0.3) is 0 Å². The zero-order valence-electron chi connectivity index (χ0n) is 11.0. The second-order valence-corrected chi connectivity index (χ2v) is 5.64. The van der Waals surface area contributed by atoms with Crippen LogP contribution in [0.15, 0.2) is 36.4 Å². The molecule has 0 amide bonds. The quantitative estimate of drug-likeness (QED) is 0.745. The topological polar surface area (TPSA) is 18.5 Å². The first kappa shape index (κ1) is 13.6. The van der Waals surface area contributed by atoms with E-state index in [2.05, 4.69) is 0 Å². The Balaban J connectivity index is 1.97. The van der Waals surface area contributed by atoms with E-state index >= 15 is 0 Å². The predicted octanol–water partition coefficient (Wildman–Crippen LogP) is 4.75. The molecule has 1 aliphatic rings. The molecule has 2 aromatic carbocycles. The molecular weight excluding hydrogens is 295 g/mol. The molecule has 1 aliphatic heterocycles. The van der Waals surface area contributed by atoms with E-state index in [9.17, 15) is 0 Å². The standard InChI is InChI=1S/C16H14Cl2O2/c1-10-2-4-12(17)9-13(10)16(18)11-3-5-14-15(8-11)20-7-6-19-14/h2-5,8-9,16H,6-7H2,1H3. The molecule has 0 aromatic heterocycles. The van der Waals surface area contributed by atoms with Crippen LogP contribution in [0, 0.1) is 6.92 Å². The lowest BCUT2D eigenvalue weighted by atomic mass is 9.99. The molecule has 0 N–H and O–H groups in total. The summed E-state index contributed by atoms with van der Waals surface area (Å²) in [6.07, 6.45) is 0. The van der Waals surface area contributed by atoms with Gasteiger partial charge in [0.2, 0.25) is 0 Å². The smallest absolute Gasteiger partial charge is 0.161 e. The highest BCUT2D eigenvalue weighted by Gasteiger charge is 2.18. The van der Waals surface area contributed by atoms with E-state index in [0.717, 1.165) is 28.2 Å². The number of aryl methyl sites for hydroxylation is 1. The van der Waals surface area contributed by atoms with Gasteiger partial charge in [0, 0.05) is 5.02 Å². The van der Waals surface area contributed by atoms with Crippen molar-refractivity contribution in [1.82, 2.24) is 0 Å². The van der Waals surface area contributed by atoms with Crippen LogP contribution in [0.25, 0.3) is 0 Å². The molecule has 0 saturated carbocycles. The van der Waals surface area contributed by atoms with Crippen LogP contribution < -0.4 is 9.47 Å². The van der Waals surface area contributed by atoms with Crippen molar-refractivity contribution in [2.45, 2.75) is 12.3 Å². The minimum atomic E-state index is -0.260. The number of ether oxygens (including phenoxy) is 2. The molecule has 1 atom stereocenters. The molecule has 0 spiro atoms. The summed E-state index contributed by atoms with van der Waals surface area (Å²) in [7, 11) is 0. The van der Waals surface area contributed by atoms with Gasteiger partial charge in [-0.1, -0.05) is 23.7 Å². The number of alkyl halides is 1. The summed E-state index contributed by atoms with van der Waals surface area (Å²) in [5.41, 5.74) is 3.10. The van der Waals surface area contributed by atoms with E-state index < -0.39 is 0 Å². The fourth-order valence-electron chi connectivity index (χ4n) is 2.28. The third-order valence-electron chi connectivity index (χ3n) is 3.37. The van der Waals surface area contributed by atoms with Gasteiger partial charge >= 0.3 is 0 Å². The second kappa shape index (κ2) is 5.55. The molecule has 0 aliphatic carbocycles. The Hall–Kier alpha value is -1.38. The maximum atomic E-state index is 6.60. The van der Waals surface area contributed by atoms with E-state index in [0.29, 0.717) is 18.2 Å². The van der Waals surface area contributed by atoms with Crippen molar-refractivity contribution in [3.8, 4) is 11.5 Å². The highest BCUT2D eigenvalue weighted by Crippen LogP contribution is 2.38. The lowest BCUT2D eigenvalue weighted by molar-refractivity contribution is 0.171. The van der Waals surface area contributed by atoms with Gasteiger partial charge < -0.3 is 9.47 Å². The zero-order valence-corrected chi connectivity index (χ0v) is 12.5. The van der Waals surface area contributed by atoms with Crippen LogP contribution >= 0.6 is 23.2 Å². The third kappa shape index (κ3) is 2.58. The summed E-state index contributed by atoms with van der Waals surface area (Å²) in [4.78, 5) is 0. The average molecular weight is 309 g/mol. The fourth-order valence-corrected chi connectivity index (χ4v) is 2.83. The highest BCUT2D eigenvalue weighted by atomic mass is 35.5. The molecule has 104 valence electrons. The molecule has 20 heavy (non-hydrogen) atoms. The lowest BCUT2D eigenvalue weighted by Gasteiger charge is -2.20. The third-order valence-corrected chi connectivity index (χ3v) is 4.10. The lowest BCUT2D eigenvalue weighted by Crippen LogP contribution is -2.15. The van der Waals surface area contributed by atoms with Gasteiger partial charge in [0.15, 0.2) is 11.5 Å². The van der Waals surface area contributed by atoms with E-state index in [1.165, 1.54) is 0 Å². The van der Waals surface area contributed by atoms with Crippen LogP contribution in [0.3, 0.4) is 0 Å². The van der Waals surface area contributed by atoms with Gasteiger partial charge in [-0.2, -0.15) is 0 Å². The highest BCUT2D eigenvalue weighted by molar-refractivity contribution is 6.31. The Bertz CT molecular complexity index is 640. The van der Waals surface area contributed by atoms with Crippen LogP contribution in [-0.4, -0.2) is 13.2 Å². The van der Waals surface area contributed by atoms with Gasteiger partial charge in [-0.05, 0) is 47.9 Å². The fraction of sp³-hybridized carbons (Fsp3) is 0.250. The van der Waals surface area contributed by atoms with Gasteiger partial charge in [0.05, 0.1) is 5.38 Å². The zero-order chi connectivity index (χ0) is 14.1.